The molecule has 3 N–H and O–H groups in total. The third-order valence-electron chi connectivity index (χ3n) is 5.25. The van der Waals surface area contributed by atoms with Crippen molar-refractivity contribution in [1.29, 1.82) is 0 Å². The molecule has 0 saturated carbocycles. The molecule has 2 aliphatic rings. The molecule has 2 heterocycles. The average Bonchev–Trinajstić information content (AvgIpc) is 2.65. The van der Waals surface area contributed by atoms with Crippen LogP contribution in [0.2, 0.25) is 0 Å². The minimum atomic E-state index is 0.0199. The molecular formula is C20H29N3O3. The van der Waals surface area contributed by atoms with Crippen LogP contribution in [0.25, 0.3) is 0 Å². The Morgan fingerprint density at radius 3 is 3.04 bits per heavy atom. The summed E-state index contributed by atoms with van der Waals surface area (Å²) in [5, 5.41) is 2.86. The zero-order valence-electron chi connectivity index (χ0n) is 15.5. The molecule has 2 amide bonds. The maximum Gasteiger partial charge on any atom is 0.224 e. The summed E-state index contributed by atoms with van der Waals surface area (Å²) in [6, 6.07) is 5.92. The molecule has 2 unspecified atom stereocenters. The van der Waals surface area contributed by atoms with E-state index in [-0.39, 0.29) is 23.9 Å². The van der Waals surface area contributed by atoms with Crippen LogP contribution < -0.4 is 15.8 Å². The van der Waals surface area contributed by atoms with Crippen molar-refractivity contribution in [1.82, 2.24) is 4.90 Å². The molecule has 142 valence electrons. The summed E-state index contributed by atoms with van der Waals surface area (Å²) in [5.74, 6) is 1.04. The molecule has 1 fully saturated rings. The molecular weight excluding hydrogens is 330 g/mol. The summed E-state index contributed by atoms with van der Waals surface area (Å²) in [7, 11) is 0. The molecule has 0 radical (unpaired) electrons. The number of carbonyl (C=O) groups is 2. The van der Waals surface area contributed by atoms with Crippen LogP contribution in [-0.4, -0.2) is 41.9 Å². The van der Waals surface area contributed by atoms with Crippen molar-refractivity contribution in [3.63, 3.8) is 0 Å². The van der Waals surface area contributed by atoms with Crippen LogP contribution in [0.15, 0.2) is 18.2 Å². The van der Waals surface area contributed by atoms with Crippen LogP contribution in [0.1, 0.15) is 51.0 Å². The van der Waals surface area contributed by atoms with E-state index in [4.69, 9.17) is 10.5 Å². The van der Waals surface area contributed by atoms with E-state index in [1.807, 2.05) is 30.0 Å². The second-order valence-corrected chi connectivity index (χ2v) is 7.33. The first-order valence-electron chi connectivity index (χ1n) is 9.65. The highest BCUT2D eigenvalue weighted by Gasteiger charge is 2.28. The Bertz CT molecular complexity index is 660. The zero-order chi connectivity index (χ0) is 18.5. The number of nitrogens with two attached hydrogens (primary N) is 1. The van der Waals surface area contributed by atoms with Gasteiger partial charge in [0.15, 0.2) is 0 Å². The predicted molar refractivity (Wildman–Crippen MR) is 101 cm³/mol. The van der Waals surface area contributed by atoms with Crippen LogP contribution in [0.5, 0.6) is 5.75 Å². The maximum atomic E-state index is 12.5. The van der Waals surface area contributed by atoms with E-state index >= 15 is 0 Å². The average molecular weight is 359 g/mol. The van der Waals surface area contributed by atoms with Crippen LogP contribution in [0, 0.1) is 0 Å². The van der Waals surface area contributed by atoms with Gasteiger partial charge in [-0.05, 0) is 62.8 Å². The van der Waals surface area contributed by atoms with E-state index < -0.39 is 0 Å². The number of ether oxygens (including phenoxy) is 1. The normalized spacial score (nSPS) is 20.9. The van der Waals surface area contributed by atoms with E-state index in [2.05, 4.69) is 5.32 Å². The lowest BCUT2D eigenvalue weighted by Gasteiger charge is -2.38. The Balaban J connectivity index is 1.45. The predicted octanol–water partition coefficient (Wildman–Crippen LogP) is 2.46. The Kier molecular flexibility index (Phi) is 6.14. The first kappa shape index (κ1) is 18.7. The number of benzene rings is 1. The fourth-order valence-electron chi connectivity index (χ4n) is 3.82. The van der Waals surface area contributed by atoms with Crippen molar-refractivity contribution < 1.29 is 14.3 Å². The highest BCUT2D eigenvalue weighted by atomic mass is 16.5. The van der Waals surface area contributed by atoms with Gasteiger partial charge in [0.1, 0.15) is 5.75 Å². The topological polar surface area (TPSA) is 84.7 Å². The van der Waals surface area contributed by atoms with Crippen LogP contribution >= 0.6 is 0 Å². The Hall–Kier alpha value is -2.08. The van der Waals surface area contributed by atoms with Crippen LogP contribution in [0.3, 0.4) is 0 Å². The summed E-state index contributed by atoms with van der Waals surface area (Å²) in [5.41, 5.74) is 8.02. The molecule has 1 aromatic carbocycles. The molecule has 2 aliphatic heterocycles. The summed E-state index contributed by atoms with van der Waals surface area (Å²) in [6.45, 7) is 3.31. The number of hydrogen-bond acceptors (Lipinski definition) is 4. The molecule has 26 heavy (non-hydrogen) atoms. The third-order valence-corrected chi connectivity index (χ3v) is 5.25. The third kappa shape index (κ3) is 4.55. The highest BCUT2D eigenvalue weighted by molar-refractivity contribution is 5.94. The number of nitrogens with one attached hydrogen (secondary N) is 1. The van der Waals surface area contributed by atoms with Gasteiger partial charge in [-0.3, -0.25) is 9.59 Å². The molecule has 1 aromatic rings. The van der Waals surface area contributed by atoms with E-state index in [0.717, 1.165) is 49.2 Å². The lowest BCUT2D eigenvalue weighted by atomic mass is 9.96. The first-order chi connectivity index (χ1) is 12.5. The maximum absolute atomic E-state index is 12.5. The van der Waals surface area contributed by atoms with Gasteiger partial charge in [0.25, 0.3) is 0 Å². The molecule has 0 aliphatic carbocycles. The SMILES string of the molecule is CC(N)C1CCCCN1C(=O)CCCOc1ccc2c(c1)CCC(=O)N2. The molecule has 6 nitrogen and oxygen atoms in total. The van der Waals surface area contributed by atoms with E-state index in [9.17, 15) is 9.59 Å². The van der Waals surface area contributed by atoms with Gasteiger partial charge >= 0.3 is 0 Å². The molecule has 3 rings (SSSR count). The van der Waals surface area contributed by atoms with E-state index in [1.54, 1.807) is 0 Å². The number of likely N-dealkylation sites (tertiary alicyclic amines) is 1. The Labute approximate surface area is 155 Å². The van der Waals surface area contributed by atoms with Gasteiger partial charge in [0.2, 0.25) is 11.8 Å². The monoisotopic (exact) mass is 359 g/mol. The van der Waals surface area contributed by atoms with Crippen molar-refractivity contribution in [2.24, 2.45) is 5.73 Å². The van der Waals surface area contributed by atoms with Crippen LogP contribution in [-0.2, 0) is 16.0 Å². The van der Waals surface area contributed by atoms with Gasteiger partial charge in [-0.15, -0.1) is 0 Å². The quantitative estimate of drug-likeness (QED) is 0.764. The zero-order valence-corrected chi connectivity index (χ0v) is 15.5. The number of carbonyl (C=O) groups excluding carboxylic acids is 2. The second-order valence-electron chi connectivity index (χ2n) is 7.33. The Morgan fingerprint density at radius 1 is 1.38 bits per heavy atom. The fourth-order valence-corrected chi connectivity index (χ4v) is 3.82. The number of nitrogens with zero attached hydrogens (tertiary/aromatic N) is 1. The van der Waals surface area contributed by atoms with Crippen molar-refractivity contribution in [3.8, 4) is 5.75 Å². The highest BCUT2D eigenvalue weighted by Crippen LogP contribution is 2.27. The number of amides is 2. The minimum Gasteiger partial charge on any atom is -0.494 e. The van der Waals surface area contributed by atoms with Crippen LogP contribution in [0.4, 0.5) is 5.69 Å². The number of hydrogen-bond donors (Lipinski definition) is 2. The number of piperidine rings is 1. The summed E-state index contributed by atoms with van der Waals surface area (Å²) in [6.07, 6.45) is 5.66. The molecule has 0 bridgehead atoms. The fraction of sp³-hybridized carbons (Fsp3) is 0.600. The lowest BCUT2D eigenvalue weighted by Crippen LogP contribution is -2.51. The van der Waals surface area contributed by atoms with Gasteiger partial charge in [-0.25, -0.2) is 0 Å². The van der Waals surface area contributed by atoms with Gasteiger partial charge in [0.05, 0.1) is 6.61 Å². The van der Waals surface area contributed by atoms with Gasteiger partial charge < -0.3 is 20.7 Å². The van der Waals surface area contributed by atoms with Crippen molar-refractivity contribution >= 4 is 17.5 Å². The molecule has 2 atom stereocenters. The first-order valence-corrected chi connectivity index (χ1v) is 9.65. The lowest BCUT2D eigenvalue weighted by molar-refractivity contribution is -0.135. The molecule has 1 saturated heterocycles. The molecule has 0 spiro atoms. The number of anilines is 1. The summed E-state index contributed by atoms with van der Waals surface area (Å²) in [4.78, 5) is 25.9. The summed E-state index contributed by atoms with van der Waals surface area (Å²) < 4.78 is 5.80. The van der Waals surface area contributed by atoms with Crippen molar-refractivity contribution in [2.75, 3.05) is 18.5 Å². The van der Waals surface area contributed by atoms with Crippen molar-refractivity contribution in [2.45, 2.75) is 64.0 Å². The Morgan fingerprint density at radius 2 is 2.23 bits per heavy atom. The molecule has 0 aromatic heterocycles. The van der Waals surface area contributed by atoms with Gasteiger partial charge in [-0.2, -0.15) is 0 Å². The molecule has 6 heteroatoms. The number of aryl methyl sites for hydroxylation is 1. The van der Waals surface area contributed by atoms with Gasteiger partial charge in [0, 0.05) is 37.2 Å². The smallest absolute Gasteiger partial charge is 0.224 e. The van der Waals surface area contributed by atoms with Crippen molar-refractivity contribution in [3.05, 3.63) is 23.8 Å². The minimum absolute atomic E-state index is 0.0199. The second kappa shape index (κ2) is 8.54. The number of rotatable bonds is 6. The van der Waals surface area contributed by atoms with E-state index in [1.165, 1.54) is 0 Å². The standard InChI is InChI=1S/C20H29N3O3/c1-14(21)18-5-2-3-11-23(18)20(25)6-4-12-26-16-8-9-17-15(13-16)7-10-19(24)22-17/h8-9,13-14,18H,2-7,10-12,21H2,1H3,(H,22,24). The van der Waals surface area contributed by atoms with E-state index in [0.29, 0.717) is 25.9 Å². The summed E-state index contributed by atoms with van der Waals surface area (Å²) >= 11 is 0. The largest absolute Gasteiger partial charge is 0.494 e. The van der Waals surface area contributed by atoms with Gasteiger partial charge in [-0.1, -0.05) is 0 Å². The number of fused-ring (bicyclic) bond motifs is 1.